The largest absolute Gasteiger partial charge is 0.322 e. The lowest BCUT2D eigenvalue weighted by Crippen LogP contribution is -2.18. The van der Waals surface area contributed by atoms with Gasteiger partial charge in [0.25, 0.3) is 5.91 Å². The van der Waals surface area contributed by atoms with Crippen molar-refractivity contribution >= 4 is 38.7 Å². The van der Waals surface area contributed by atoms with Crippen molar-refractivity contribution in [3.05, 3.63) is 59.2 Å². The second kappa shape index (κ2) is 5.51. The zero-order valence-corrected chi connectivity index (χ0v) is 11.7. The minimum Gasteiger partial charge on any atom is -0.322 e. The first-order chi connectivity index (χ1) is 10.2. The Kier molecular flexibility index (Phi) is 3.55. The molecule has 0 spiro atoms. The Morgan fingerprint density at radius 3 is 2.86 bits per heavy atom. The van der Waals surface area contributed by atoms with E-state index in [1.54, 1.807) is 11.3 Å². The van der Waals surface area contributed by atoms with E-state index in [1.165, 1.54) is 18.2 Å². The highest BCUT2D eigenvalue weighted by Crippen LogP contribution is 2.25. The van der Waals surface area contributed by atoms with Crippen molar-refractivity contribution < 1.29 is 9.18 Å². The average Bonchev–Trinajstić information content (AvgIpc) is 2.94. The van der Waals surface area contributed by atoms with Crippen LogP contribution in [0.4, 0.5) is 15.8 Å². The van der Waals surface area contributed by atoms with Crippen LogP contribution in [-0.2, 0) is 0 Å². The molecule has 0 radical (unpaired) electrons. The molecule has 2 aromatic carbocycles. The number of benzene rings is 2. The third-order valence-corrected chi connectivity index (χ3v) is 4.01. The van der Waals surface area contributed by atoms with Gasteiger partial charge in [-0.3, -0.25) is 10.6 Å². The second-order valence-electron chi connectivity index (χ2n) is 4.43. The monoisotopic (exact) mass is 301 g/mol. The summed E-state index contributed by atoms with van der Waals surface area (Å²) in [5.41, 5.74) is 3.01. The number of nitrogen functional groups attached to an aromatic ring is 1. The molecule has 3 rings (SSSR count). The molecule has 4 N–H and O–H groups in total. The number of nitrogens with one attached hydrogen (secondary N) is 2. The Morgan fingerprint density at radius 1 is 1.19 bits per heavy atom. The van der Waals surface area contributed by atoms with Gasteiger partial charge in [-0.1, -0.05) is 6.07 Å². The number of nitrogens with two attached hydrogens (primary N) is 1. The molecule has 0 bridgehead atoms. The van der Waals surface area contributed by atoms with Gasteiger partial charge in [0.1, 0.15) is 5.82 Å². The smallest absolute Gasteiger partial charge is 0.257 e. The SMILES string of the molecule is NNc1c(F)cccc1C(=O)Nc1ccc2sccc2c1. The van der Waals surface area contributed by atoms with Gasteiger partial charge in [0.05, 0.1) is 11.3 Å². The predicted octanol–water partition coefficient (Wildman–Crippen LogP) is 3.58. The zero-order valence-electron chi connectivity index (χ0n) is 10.9. The number of amides is 1. The van der Waals surface area contributed by atoms with E-state index < -0.39 is 11.7 Å². The molecular weight excluding hydrogens is 289 g/mol. The Bertz CT molecular complexity index is 816. The maximum Gasteiger partial charge on any atom is 0.257 e. The molecule has 1 aromatic heterocycles. The summed E-state index contributed by atoms with van der Waals surface area (Å²) in [4.78, 5) is 12.2. The van der Waals surface area contributed by atoms with E-state index in [1.807, 2.05) is 29.6 Å². The highest BCUT2D eigenvalue weighted by molar-refractivity contribution is 7.17. The molecule has 21 heavy (non-hydrogen) atoms. The lowest BCUT2D eigenvalue weighted by Gasteiger charge is -2.10. The number of hydrogen-bond acceptors (Lipinski definition) is 4. The number of anilines is 2. The van der Waals surface area contributed by atoms with E-state index in [0.29, 0.717) is 5.69 Å². The summed E-state index contributed by atoms with van der Waals surface area (Å²) in [5.74, 6) is 4.28. The molecule has 1 amide bonds. The zero-order chi connectivity index (χ0) is 14.8. The van der Waals surface area contributed by atoms with Crippen LogP contribution in [0.1, 0.15) is 10.4 Å². The molecule has 0 aliphatic carbocycles. The van der Waals surface area contributed by atoms with Crippen LogP contribution in [0.5, 0.6) is 0 Å². The summed E-state index contributed by atoms with van der Waals surface area (Å²) in [7, 11) is 0. The quantitative estimate of drug-likeness (QED) is 0.511. The van der Waals surface area contributed by atoms with Crippen LogP contribution in [0.3, 0.4) is 0 Å². The molecule has 0 saturated heterocycles. The molecule has 0 unspecified atom stereocenters. The van der Waals surface area contributed by atoms with Crippen LogP contribution in [0.2, 0.25) is 0 Å². The number of carbonyl (C=O) groups excluding carboxylic acids is 1. The van der Waals surface area contributed by atoms with Crippen molar-refractivity contribution in [2.24, 2.45) is 5.84 Å². The Labute approximate surface area is 124 Å². The summed E-state index contributed by atoms with van der Waals surface area (Å²) in [6.07, 6.45) is 0. The van der Waals surface area contributed by atoms with Gasteiger partial charge in [0, 0.05) is 10.4 Å². The fourth-order valence-corrected chi connectivity index (χ4v) is 2.87. The molecule has 0 aliphatic rings. The van der Waals surface area contributed by atoms with Gasteiger partial charge < -0.3 is 10.7 Å². The second-order valence-corrected chi connectivity index (χ2v) is 5.38. The first kappa shape index (κ1) is 13.5. The molecule has 1 heterocycles. The highest BCUT2D eigenvalue weighted by Gasteiger charge is 2.14. The molecular formula is C15H12FN3OS. The molecule has 106 valence electrons. The number of hydrogen-bond donors (Lipinski definition) is 3. The minimum absolute atomic E-state index is 0.0217. The number of para-hydroxylation sites is 1. The highest BCUT2D eigenvalue weighted by atomic mass is 32.1. The number of carbonyl (C=O) groups is 1. The van der Waals surface area contributed by atoms with Gasteiger partial charge in [-0.15, -0.1) is 11.3 Å². The fourth-order valence-electron chi connectivity index (χ4n) is 2.10. The molecule has 0 atom stereocenters. The van der Waals surface area contributed by atoms with E-state index >= 15 is 0 Å². The van der Waals surface area contributed by atoms with E-state index in [9.17, 15) is 9.18 Å². The average molecular weight is 301 g/mol. The standard InChI is InChI=1S/C15H12FN3OS/c16-12-3-1-2-11(14(12)19-17)15(20)18-10-4-5-13-9(8-10)6-7-21-13/h1-8,19H,17H2,(H,18,20). The van der Waals surface area contributed by atoms with Crippen LogP contribution < -0.4 is 16.6 Å². The van der Waals surface area contributed by atoms with Gasteiger partial charge in [-0.25, -0.2) is 4.39 Å². The summed E-state index contributed by atoms with van der Waals surface area (Å²) >= 11 is 1.63. The van der Waals surface area contributed by atoms with Crippen LogP contribution in [-0.4, -0.2) is 5.91 Å². The third-order valence-electron chi connectivity index (χ3n) is 3.11. The van der Waals surface area contributed by atoms with E-state index in [2.05, 4.69) is 10.7 Å². The van der Waals surface area contributed by atoms with Crippen LogP contribution in [0, 0.1) is 5.82 Å². The van der Waals surface area contributed by atoms with Gasteiger partial charge in [0.2, 0.25) is 0 Å². The number of hydrazine groups is 1. The van der Waals surface area contributed by atoms with Gasteiger partial charge in [0.15, 0.2) is 0 Å². The first-order valence-corrected chi connectivity index (χ1v) is 7.11. The number of halogens is 1. The lowest BCUT2D eigenvalue weighted by molar-refractivity contribution is 0.102. The van der Waals surface area contributed by atoms with Crippen LogP contribution >= 0.6 is 11.3 Å². The molecule has 0 aliphatic heterocycles. The summed E-state index contributed by atoms with van der Waals surface area (Å²) in [5, 5.41) is 5.78. The molecule has 3 aromatic rings. The van der Waals surface area contributed by atoms with Gasteiger partial charge in [-0.05, 0) is 47.2 Å². The lowest BCUT2D eigenvalue weighted by atomic mass is 10.1. The topological polar surface area (TPSA) is 67.1 Å². The molecule has 0 fully saturated rings. The molecule has 0 saturated carbocycles. The van der Waals surface area contributed by atoms with Crippen molar-refractivity contribution in [3.63, 3.8) is 0 Å². The van der Waals surface area contributed by atoms with Crippen LogP contribution in [0.15, 0.2) is 47.8 Å². The first-order valence-electron chi connectivity index (χ1n) is 6.23. The number of thiophene rings is 1. The predicted molar refractivity (Wildman–Crippen MR) is 84.0 cm³/mol. The van der Waals surface area contributed by atoms with Crippen molar-refractivity contribution in [2.45, 2.75) is 0 Å². The van der Waals surface area contributed by atoms with Crippen molar-refractivity contribution in [2.75, 3.05) is 10.7 Å². The van der Waals surface area contributed by atoms with E-state index in [-0.39, 0.29) is 11.3 Å². The minimum atomic E-state index is -0.571. The number of rotatable bonds is 3. The van der Waals surface area contributed by atoms with Crippen molar-refractivity contribution in [1.82, 2.24) is 0 Å². The van der Waals surface area contributed by atoms with Crippen molar-refractivity contribution in [1.29, 1.82) is 0 Å². The summed E-state index contributed by atoms with van der Waals surface area (Å²) in [6, 6.07) is 11.8. The van der Waals surface area contributed by atoms with Crippen LogP contribution in [0.25, 0.3) is 10.1 Å². The Balaban J connectivity index is 1.90. The summed E-state index contributed by atoms with van der Waals surface area (Å²) < 4.78 is 14.7. The van der Waals surface area contributed by atoms with E-state index in [4.69, 9.17) is 5.84 Å². The summed E-state index contributed by atoms with van der Waals surface area (Å²) in [6.45, 7) is 0. The number of fused-ring (bicyclic) bond motifs is 1. The maximum atomic E-state index is 13.6. The maximum absolute atomic E-state index is 13.6. The van der Waals surface area contributed by atoms with Gasteiger partial charge >= 0.3 is 0 Å². The van der Waals surface area contributed by atoms with Gasteiger partial charge in [-0.2, -0.15) is 0 Å². The van der Waals surface area contributed by atoms with E-state index in [0.717, 1.165) is 10.1 Å². The third kappa shape index (κ3) is 2.58. The van der Waals surface area contributed by atoms with Crippen molar-refractivity contribution in [3.8, 4) is 0 Å². The molecule has 6 heteroatoms. The molecule has 4 nitrogen and oxygen atoms in total. The normalized spacial score (nSPS) is 10.6. The Morgan fingerprint density at radius 2 is 2.05 bits per heavy atom. The fraction of sp³-hybridized carbons (Fsp3) is 0. The Hall–Kier alpha value is -2.44.